The minimum absolute atomic E-state index is 0.629. The van der Waals surface area contributed by atoms with Crippen molar-refractivity contribution in [3.05, 3.63) is 205 Å². The number of hydrogen-bond acceptors (Lipinski definition) is 4. The Kier molecular flexibility index (Phi) is 9.21. The molecule has 10 aromatic rings. The number of hydrogen-bond donors (Lipinski definition) is 0. The van der Waals surface area contributed by atoms with Crippen LogP contribution in [-0.2, 0) is 0 Å². The highest BCUT2D eigenvalue weighted by molar-refractivity contribution is 7.00. The van der Waals surface area contributed by atoms with Crippen molar-refractivity contribution < 1.29 is 7.58 Å². The molecule has 0 aromatic heterocycles. The number of aliphatic imine (C=N–C) groups is 2. The van der Waals surface area contributed by atoms with E-state index >= 15 is 0 Å². The van der Waals surface area contributed by atoms with Gasteiger partial charge in [-0.3, -0.25) is 9.98 Å². The summed E-state index contributed by atoms with van der Waals surface area (Å²) in [5, 5.41) is 8.33. The van der Waals surface area contributed by atoms with E-state index in [1.807, 2.05) is 24.6 Å². The van der Waals surface area contributed by atoms with Crippen molar-refractivity contribution in [2.45, 2.75) is 0 Å². The van der Waals surface area contributed by atoms with Crippen LogP contribution in [0, 0.1) is 0 Å². The van der Waals surface area contributed by atoms with Gasteiger partial charge in [-0.1, -0.05) is 170 Å². The van der Waals surface area contributed by atoms with Crippen LogP contribution < -0.4 is 7.58 Å². The first-order valence-corrected chi connectivity index (χ1v) is 22.7. The Bertz CT molecular complexity index is 3130. The molecule has 0 saturated heterocycles. The first-order chi connectivity index (χ1) is 29.7. The Morgan fingerprint density at radius 2 is 0.767 bits per heavy atom. The first-order valence-electron chi connectivity index (χ1n) is 20.0. The summed E-state index contributed by atoms with van der Waals surface area (Å²) in [6.45, 7) is 0. The summed E-state index contributed by atoms with van der Waals surface area (Å²) in [6.07, 6.45) is 3.82. The van der Waals surface area contributed by atoms with E-state index in [0.29, 0.717) is 11.5 Å². The molecule has 0 saturated carbocycles. The highest BCUT2D eigenvalue weighted by Gasteiger charge is 2.35. The average molecular weight is 805 g/mol. The maximum absolute atomic E-state index is 7.47. The van der Waals surface area contributed by atoms with E-state index in [4.69, 9.17) is 27.6 Å². The van der Waals surface area contributed by atoms with Crippen molar-refractivity contribution in [3.63, 3.8) is 0 Å². The zero-order valence-electron chi connectivity index (χ0n) is 32.3. The molecule has 10 aromatic carbocycles. The van der Waals surface area contributed by atoms with Gasteiger partial charge in [0.05, 0.1) is 11.4 Å². The predicted molar refractivity (Wildman–Crippen MR) is 253 cm³/mol. The molecule has 0 unspecified atom stereocenters. The normalized spacial score (nSPS) is 12.5. The molecule has 0 radical (unpaired) electrons. The number of fused-ring (bicyclic) bond motifs is 13. The van der Waals surface area contributed by atoms with E-state index in [0.717, 1.165) is 99.0 Å². The maximum Gasteiger partial charge on any atom is 0.999 e. The number of rotatable bonds is 2. The van der Waals surface area contributed by atoms with Gasteiger partial charge in [0.15, 0.2) is 0 Å². The predicted octanol–water partition coefficient (Wildman–Crippen LogP) is 14.8. The lowest BCUT2D eigenvalue weighted by Gasteiger charge is -2.21. The Hall–Kier alpha value is -7.00. The van der Waals surface area contributed by atoms with E-state index in [9.17, 15) is 0 Å². The summed E-state index contributed by atoms with van der Waals surface area (Å²) in [6, 6.07) is 67.3. The van der Waals surface area contributed by atoms with E-state index in [1.165, 1.54) is 0 Å². The molecule has 4 nitrogen and oxygen atoms in total. The molecule has 0 aliphatic carbocycles. The number of nitrogens with zero attached hydrogens (tertiary/aromatic N) is 2. The van der Waals surface area contributed by atoms with Crippen molar-refractivity contribution in [1.29, 1.82) is 0 Å². The van der Waals surface area contributed by atoms with Crippen molar-refractivity contribution in [2.75, 3.05) is 0 Å². The number of benzene rings is 10. The molecule has 60 heavy (non-hydrogen) atoms. The fourth-order valence-electron chi connectivity index (χ4n) is 8.65. The van der Waals surface area contributed by atoms with Gasteiger partial charge >= 0.3 is 13.9 Å². The van der Waals surface area contributed by atoms with Crippen LogP contribution in [-0.4, -0.2) is 26.3 Å². The standard InChI is InChI=1S/C54H36N2O2.Al.ClH/c57-53-41(27-25-39-19-11-23-43(49(39)53)35-13-3-1-4-14-35)33-55-47-31-29-37-17-7-9-21-45(37)51(47)52-46-22-10-8-18-38(46)30-32-48(52)56-34-42-28-26-40-20-12-24-44(50(40)54(42)58)36-15-5-2-6-16-36;;/h1-34,57-58H;;1H/q;+3;/p-3. The van der Waals surface area contributed by atoms with Crippen LogP contribution >= 0.6 is 10.0 Å². The zero-order chi connectivity index (χ0) is 40.0. The van der Waals surface area contributed by atoms with Crippen LogP contribution in [0.2, 0.25) is 0 Å². The van der Waals surface area contributed by atoms with E-state index in [2.05, 4.69) is 182 Å². The van der Waals surface area contributed by atoms with Crippen molar-refractivity contribution in [1.82, 2.24) is 0 Å². The molecular weight excluding hydrogens is 771 g/mol. The molecule has 0 N–H and O–H groups in total. The maximum atomic E-state index is 7.47. The van der Waals surface area contributed by atoms with Gasteiger partial charge in [-0.05, 0) is 78.8 Å². The molecule has 6 heteroatoms. The molecule has 0 amide bonds. The van der Waals surface area contributed by atoms with Crippen LogP contribution in [0.25, 0.3) is 76.5 Å². The lowest BCUT2D eigenvalue weighted by atomic mass is 9.91. The molecule has 0 spiro atoms. The monoisotopic (exact) mass is 804 g/mol. The van der Waals surface area contributed by atoms with Gasteiger partial charge in [0.25, 0.3) is 0 Å². The molecule has 0 bridgehead atoms. The third kappa shape index (κ3) is 6.41. The highest BCUT2D eigenvalue weighted by atomic mass is 35.6. The van der Waals surface area contributed by atoms with Crippen molar-refractivity contribution in [2.24, 2.45) is 9.98 Å². The topological polar surface area (TPSA) is 43.2 Å². The first kappa shape index (κ1) is 36.1. The molecule has 0 fully saturated rings. The lowest BCUT2D eigenvalue weighted by molar-refractivity contribution is 0.453. The molecule has 0 atom stereocenters. The Balaban J connectivity index is 1.25. The van der Waals surface area contributed by atoms with E-state index in [-0.39, 0.29) is 0 Å². The summed E-state index contributed by atoms with van der Waals surface area (Å²) in [5.74, 6) is 1.26. The smallest absolute Gasteiger partial charge is 0.599 e. The second-order valence-corrected chi connectivity index (χ2v) is 17.0. The lowest BCUT2D eigenvalue weighted by Crippen LogP contribution is -2.25. The molecule has 1 aliphatic heterocycles. The van der Waals surface area contributed by atoms with Crippen LogP contribution in [0.4, 0.5) is 11.4 Å². The van der Waals surface area contributed by atoms with Crippen LogP contribution in [0.5, 0.6) is 11.5 Å². The van der Waals surface area contributed by atoms with Gasteiger partial charge < -0.3 is 7.58 Å². The van der Waals surface area contributed by atoms with Gasteiger partial charge in [-0.25, -0.2) is 0 Å². The molecule has 282 valence electrons. The summed E-state index contributed by atoms with van der Waals surface area (Å²) in [4.78, 5) is 10.7. The van der Waals surface area contributed by atoms with Crippen LogP contribution in [0.15, 0.2) is 204 Å². The van der Waals surface area contributed by atoms with Crippen LogP contribution in [0.3, 0.4) is 0 Å². The Morgan fingerprint density at radius 3 is 1.23 bits per heavy atom. The third-order valence-corrected chi connectivity index (χ3v) is 12.8. The van der Waals surface area contributed by atoms with Gasteiger partial charge in [0, 0.05) is 45.5 Å². The van der Waals surface area contributed by atoms with Gasteiger partial charge in [0.1, 0.15) is 11.5 Å². The SMILES string of the molecule is [Cl][Al]1[O]c2c(ccc3cccc(-c4ccccc4)c23)C=Nc2ccc3ccccc3c2-c2c(ccc3ccccc23)N=Cc2ccc3cccc(-c4ccccc4)c3c2[O]1. The minimum atomic E-state index is -3.06. The second-order valence-electron chi connectivity index (χ2n) is 14.9. The summed E-state index contributed by atoms with van der Waals surface area (Å²) in [7, 11) is 7.47. The highest BCUT2D eigenvalue weighted by Crippen LogP contribution is 2.47. The third-order valence-electron chi connectivity index (χ3n) is 11.4. The molecule has 11 rings (SSSR count). The van der Waals surface area contributed by atoms with Crippen molar-refractivity contribution in [3.8, 4) is 44.9 Å². The second kappa shape index (κ2) is 15.3. The number of halogens is 1. The average Bonchev–Trinajstić information content (AvgIpc) is 3.31. The summed E-state index contributed by atoms with van der Waals surface area (Å²) < 4.78 is 14.0. The molecular formula is C54H34AlClN2O2. The van der Waals surface area contributed by atoms with Gasteiger partial charge in [0.2, 0.25) is 0 Å². The van der Waals surface area contributed by atoms with Crippen molar-refractivity contribution >= 4 is 90.8 Å². The zero-order valence-corrected chi connectivity index (χ0v) is 34.2. The Labute approximate surface area is 356 Å². The summed E-state index contributed by atoms with van der Waals surface area (Å²) >= 11 is -3.06. The van der Waals surface area contributed by atoms with E-state index < -0.39 is 13.9 Å². The molecule has 1 heterocycles. The van der Waals surface area contributed by atoms with Crippen LogP contribution in [0.1, 0.15) is 11.1 Å². The van der Waals surface area contributed by atoms with Gasteiger partial charge in [-0.15, -0.1) is 0 Å². The van der Waals surface area contributed by atoms with Gasteiger partial charge in [-0.2, -0.15) is 10.0 Å². The fourth-order valence-corrected chi connectivity index (χ4v) is 10.1. The quantitative estimate of drug-likeness (QED) is 0.163. The van der Waals surface area contributed by atoms with E-state index in [1.54, 1.807) is 0 Å². The minimum Gasteiger partial charge on any atom is -0.599 e. The summed E-state index contributed by atoms with van der Waals surface area (Å²) in [5.41, 5.74) is 9.42. The fraction of sp³-hybridized carbons (Fsp3) is 0. The Morgan fingerprint density at radius 1 is 0.367 bits per heavy atom. The largest absolute Gasteiger partial charge is 0.999 e. The molecule has 1 aliphatic rings.